The zero-order valence-electron chi connectivity index (χ0n) is 11.1. The van der Waals surface area contributed by atoms with Crippen LogP contribution in [0.1, 0.15) is 26.3 Å². The lowest BCUT2D eigenvalue weighted by atomic mass is 10.1. The Morgan fingerprint density at radius 2 is 1.75 bits per heavy atom. The molecule has 0 radical (unpaired) electrons. The van der Waals surface area contributed by atoms with E-state index in [4.69, 9.17) is 4.74 Å². The molecule has 0 bridgehead atoms. The van der Waals surface area contributed by atoms with E-state index < -0.39 is 0 Å². The summed E-state index contributed by atoms with van der Waals surface area (Å²) >= 11 is 0. The maximum Gasteiger partial charge on any atom is 0.251 e. The molecule has 102 valence electrons. The largest absolute Gasteiger partial charge is 0.489 e. The highest BCUT2D eigenvalue weighted by atomic mass is 16.5. The molecule has 0 unspecified atom stereocenters. The maximum atomic E-state index is 11.4. The number of rotatable bonds is 5. The minimum atomic E-state index is -0.109. The molecule has 4 nitrogen and oxygen atoms in total. The Kier molecular flexibility index (Phi) is 4.50. The van der Waals surface area contributed by atoms with E-state index in [2.05, 4.69) is 5.32 Å². The van der Waals surface area contributed by atoms with Gasteiger partial charge in [-0.25, -0.2) is 0 Å². The van der Waals surface area contributed by atoms with E-state index in [0.29, 0.717) is 23.5 Å². The second kappa shape index (κ2) is 6.52. The van der Waals surface area contributed by atoms with Crippen molar-refractivity contribution < 1.29 is 14.3 Å². The highest BCUT2D eigenvalue weighted by Crippen LogP contribution is 2.14. The summed E-state index contributed by atoms with van der Waals surface area (Å²) in [6, 6.07) is 14.1. The lowest BCUT2D eigenvalue weighted by Gasteiger charge is -2.07. The maximum absolute atomic E-state index is 11.4. The van der Waals surface area contributed by atoms with Gasteiger partial charge < -0.3 is 10.1 Å². The highest BCUT2D eigenvalue weighted by Gasteiger charge is 2.02. The predicted molar refractivity (Wildman–Crippen MR) is 76.0 cm³/mol. The van der Waals surface area contributed by atoms with Crippen molar-refractivity contribution in [2.45, 2.75) is 6.61 Å². The smallest absolute Gasteiger partial charge is 0.251 e. The lowest BCUT2D eigenvalue weighted by Crippen LogP contribution is -2.17. The van der Waals surface area contributed by atoms with Gasteiger partial charge in [-0.3, -0.25) is 9.59 Å². The minimum Gasteiger partial charge on any atom is -0.489 e. The molecule has 0 aliphatic carbocycles. The summed E-state index contributed by atoms with van der Waals surface area (Å²) in [6.45, 7) is 0.411. The fourth-order valence-corrected chi connectivity index (χ4v) is 1.71. The fourth-order valence-electron chi connectivity index (χ4n) is 1.71. The van der Waals surface area contributed by atoms with Crippen LogP contribution in [0.25, 0.3) is 0 Å². The van der Waals surface area contributed by atoms with Gasteiger partial charge in [-0.05, 0) is 42.0 Å². The first-order chi connectivity index (χ1) is 9.72. The third-order valence-corrected chi connectivity index (χ3v) is 2.86. The number of nitrogens with one attached hydrogen (secondary N) is 1. The van der Waals surface area contributed by atoms with Gasteiger partial charge in [0, 0.05) is 18.2 Å². The molecule has 0 saturated heterocycles. The summed E-state index contributed by atoms with van der Waals surface area (Å²) in [4.78, 5) is 21.9. The van der Waals surface area contributed by atoms with Gasteiger partial charge in [0.2, 0.25) is 0 Å². The third-order valence-electron chi connectivity index (χ3n) is 2.86. The van der Waals surface area contributed by atoms with Crippen LogP contribution in [-0.4, -0.2) is 19.2 Å². The van der Waals surface area contributed by atoms with Crippen molar-refractivity contribution in [2.75, 3.05) is 7.05 Å². The molecule has 1 amide bonds. The molecular formula is C16H15NO3. The van der Waals surface area contributed by atoms with Crippen molar-refractivity contribution >= 4 is 12.2 Å². The number of amides is 1. The zero-order valence-corrected chi connectivity index (χ0v) is 11.1. The van der Waals surface area contributed by atoms with Gasteiger partial charge in [-0.15, -0.1) is 0 Å². The minimum absolute atomic E-state index is 0.109. The number of aldehydes is 1. The standard InChI is InChI=1S/C16H15NO3/c1-17-16(19)14-6-2-13(3-7-14)11-20-15-8-4-12(10-18)5-9-15/h2-10H,11H2,1H3,(H,17,19). The molecule has 2 aromatic rings. The van der Waals surface area contributed by atoms with Crippen LogP contribution in [0.4, 0.5) is 0 Å². The molecule has 0 aliphatic rings. The number of hydrogen-bond donors (Lipinski definition) is 1. The van der Waals surface area contributed by atoms with Crippen molar-refractivity contribution in [3.8, 4) is 5.75 Å². The van der Waals surface area contributed by atoms with E-state index in [1.54, 1.807) is 43.4 Å². The van der Waals surface area contributed by atoms with Gasteiger partial charge in [-0.1, -0.05) is 12.1 Å². The fraction of sp³-hybridized carbons (Fsp3) is 0.125. The van der Waals surface area contributed by atoms with E-state index in [-0.39, 0.29) is 5.91 Å². The van der Waals surface area contributed by atoms with Gasteiger partial charge in [0.1, 0.15) is 18.6 Å². The summed E-state index contributed by atoms with van der Waals surface area (Å²) in [5, 5.41) is 2.57. The number of benzene rings is 2. The van der Waals surface area contributed by atoms with Gasteiger partial charge >= 0.3 is 0 Å². The topological polar surface area (TPSA) is 55.4 Å². The third kappa shape index (κ3) is 3.45. The molecule has 0 aromatic heterocycles. The summed E-state index contributed by atoms with van der Waals surface area (Å²) in [6.07, 6.45) is 0.793. The Bertz CT molecular complexity index is 588. The van der Waals surface area contributed by atoms with Gasteiger partial charge in [0.25, 0.3) is 5.91 Å². The van der Waals surface area contributed by atoms with E-state index >= 15 is 0 Å². The normalized spacial score (nSPS) is 9.85. The molecule has 0 fully saturated rings. The first-order valence-electron chi connectivity index (χ1n) is 6.22. The van der Waals surface area contributed by atoms with Crippen molar-refractivity contribution in [1.29, 1.82) is 0 Å². The molecular weight excluding hydrogens is 254 g/mol. The SMILES string of the molecule is CNC(=O)c1ccc(COc2ccc(C=O)cc2)cc1. The van der Waals surface area contributed by atoms with E-state index in [1.165, 1.54) is 0 Å². The molecule has 4 heteroatoms. The van der Waals surface area contributed by atoms with E-state index in [1.807, 2.05) is 12.1 Å². The van der Waals surface area contributed by atoms with Crippen LogP contribution in [0.5, 0.6) is 5.75 Å². The van der Waals surface area contributed by atoms with Crippen LogP contribution in [0.15, 0.2) is 48.5 Å². The van der Waals surface area contributed by atoms with Crippen LogP contribution in [-0.2, 0) is 6.61 Å². The predicted octanol–water partition coefficient (Wildman–Crippen LogP) is 2.44. The van der Waals surface area contributed by atoms with Crippen molar-refractivity contribution in [3.05, 3.63) is 65.2 Å². The Morgan fingerprint density at radius 3 is 2.30 bits per heavy atom. The van der Waals surface area contributed by atoms with Crippen LogP contribution < -0.4 is 10.1 Å². The monoisotopic (exact) mass is 269 g/mol. The van der Waals surface area contributed by atoms with Crippen molar-refractivity contribution in [1.82, 2.24) is 5.32 Å². The Labute approximate surface area is 117 Å². The summed E-state index contributed by atoms with van der Waals surface area (Å²) in [5.74, 6) is 0.591. The number of carbonyl (C=O) groups excluding carboxylic acids is 2. The lowest BCUT2D eigenvalue weighted by molar-refractivity contribution is 0.0962. The molecule has 0 spiro atoms. The zero-order chi connectivity index (χ0) is 14.4. The summed E-state index contributed by atoms with van der Waals surface area (Å²) < 4.78 is 5.60. The second-order valence-electron chi connectivity index (χ2n) is 4.25. The van der Waals surface area contributed by atoms with Gasteiger partial charge in [0.15, 0.2) is 0 Å². The van der Waals surface area contributed by atoms with E-state index in [0.717, 1.165) is 11.8 Å². The molecule has 2 aromatic carbocycles. The van der Waals surface area contributed by atoms with Crippen LogP contribution >= 0.6 is 0 Å². The molecule has 20 heavy (non-hydrogen) atoms. The Morgan fingerprint density at radius 1 is 1.10 bits per heavy atom. The average Bonchev–Trinajstić information content (AvgIpc) is 2.53. The second-order valence-corrected chi connectivity index (χ2v) is 4.25. The molecule has 2 rings (SSSR count). The quantitative estimate of drug-likeness (QED) is 0.848. The molecule has 0 atom stereocenters. The van der Waals surface area contributed by atoms with Gasteiger partial charge in [0.05, 0.1) is 0 Å². The first kappa shape index (κ1) is 13.8. The summed E-state index contributed by atoms with van der Waals surface area (Å²) in [5.41, 5.74) is 2.20. The molecule has 1 N–H and O–H groups in total. The molecule has 0 heterocycles. The number of hydrogen-bond acceptors (Lipinski definition) is 3. The molecule has 0 saturated carbocycles. The highest BCUT2D eigenvalue weighted by molar-refractivity contribution is 5.93. The number of carbonyl (C=O) groups is 2. The summed E-state index contributed by atoms with van der Waals surface area (Å²) in [7, 11) is 1.60. The Hall–Kier alpha value is -2.62. The van der Waals surface area contributed by atoms with Crippen molar-refractivity contribution in [2.24, 2.45) is 0 Å². The Balaban J connectivity index is 1.96. The van der Waals surface area contributed by atoms with Crippen molar-refractivity contribution in [3.63, 3.8) is 0 Å². The van der Waals surface area contributed by atoms with Crippen LogP contribution in [0, 0.1) is 0 Å². The first-order valence-corrected chi connectivity index (χ1v) is 6.22. The number of ether oxygens (including phenoxy) is 1. The van der Waals surface area contributed by atoms with Crippen LogP contribution in [0.3, 0.4) is 0 Å². The van der Waals surface area contributed by atoms with Crippen LogP contribution in [0.2, 0.25) is 0 Å². The molecule has 0 aliphatic heterocycles. The van der Waals surface area contributed by atoms with Gasteiger partial charge in [-0.2, -0.15) is 0 Å². The average molecular weight is 269 g/mol. The van der Waals surface area contributed by atoms with E-state index in [9.17, 15) is 9.59 Å².